The molecule has 1 aromatic heterocycles. The number of thiophene rings is 1. The molecule has 1 atom stereocenters. The van der Waals surface area contributed by atoms with Crippen LogP contribution in [0.2, 0.25) is 0 Å². The molecule has 13 heavy (non-hydrogen) atoms. The molecule has 4 heteroatoms. The van der Waals surface area contributed by atoms with Gasteiger partial charge < -0.3 is 10.4 Å². The van der Waals surface area contributed by atoms with Crippen LogP contribution < -0.4 is 5.32 Å². The van der Waals surface area contributed by atoms with Gasteiger partial charge >= 0.3 is 0 Å². The highest BCUT2D eigenvalue weighted by Crippen LogP contribution is 2.20. The molecule has 0 aromatic carbocycles. The topological polar surface area (TPSA) is 32.3 Å². The molecule has 0 fully saturated rings. The van der Waals surface area contributed by atoms with Gasteiger partial charge in [0.1, 0.15) is 0 Å². The van der Waals surface area contributed by atoms with Crippen molar-refractivity contribution in [3.63, 3.8) is 0 Å². The summed E-state index contributed by atoms with van der Waals surface area (Å²) in [5, 5.41) is 14.3. The van der Waals surface area contributed by atoms with Gasteiger partial charge in [-0.05, 0) is 39.4 Å². The summed E-state index contributed by atoms with van der Waals surface area (Å²) in [5.41, 5.74) is 1.27. The highest BCUT2D eigenvalue weighted by atomic mass is 79.9. The van der Waals surface area contributed by atoms with Crippen molar-refractivity contribution in [1.82, 2.24) is 5.32 Å². The molecule has 1 aromatic rings. The lowest BCUT2D eigenvalue weighted by molar-refractivity contribution is 0.238. The lowest BCUT2D eigenvalue weighted by Crippen LogP contribution is -2.30. The van der Waals surface area contributed by atoms with E-state index >= 15 is 0 Å². The smallest absolute Gasteiger partial charge is 0.0701 e. The molecule has 1 heterocycles. The number of nitrogens with one attached hydrogen (secondary N) is 1. The van der Waals surface area contributed by atoms with Gasteiger partial charge in [0, 0.05) is 12.6 Å². The van der Waals surface area contributed by atoms with Crippen molar-refractivity contribution in [3.05, 3.63) is 20.8 Å². The van der Waals surface area contributed by atoms with Gasteiger partial charge in [-0.2, -0.15) is 0 Å². The zero-order valence-corrected chi connectivity index (χ0v) is 9.99. The normalized spacial score (nSPS) is 13.2. The minimum atomic E-state index is 0.210. The second kappa shape index (κ2) is 5.75. The van der Waals surface area contributed by atoms with E-state index in [9.17, 15) is 0 Å². The van der Waals surface area contributed by atoms with E-state index in [-0.39, 0.29) is 12.6 Å². The fourth-order valence-corrected chi connectivity index (χ4v) is 2.25. The van der Waals surface area contributed by atoms with Crippen LogP contribution in [0, 0.1) is 0 Å². The Balaban J connectivity index is 2.33. The van der Waals surface area contributed by atoms with Crippen molar-refractivity contribution < 1.29 is 5.11 Å². The second-order valence-corrected chi connectivity index (χ2v) is 5.22. The Hall–Kier alpha value is 0.100. The second-order valence-electron chi connectivity index (χ2n) is 2.93. The Morgan fingerprint density at radius 1 is 1.69 bits per heavy atom. The van der Waals surface area contributed by atoms with Crippen LogP contribution in [0.5, 0.6) is 0 Å². The molecule has 0 radical (unpaired) electrons. The van der Waals surface area contributed by atoms with Gasteiger partial charge in [0.05, 0.1) is 10.4 Å². The first-order valence-electron chi connectivity index (χ1n) is 4.33. The number of rotatable bonds is 5. The molecule has 2 N–H and O–H groups in total. The molecule has 1 rings (SSSR count). The number of aliphatic hydroxyl groups excluding tert-OH is 1. The van der Waals surface area contributed by atoms with Gasteiger partial charge in [-0.15, -0.1) is 11.3 Å². The van der Waals surface area contributed by atoms with E-state index in [0.717, 1.165) is 16.8 Å². The Morgan fingerprint density at radius 2 is 2.46 bits per heavy atom. The van der Waals surface area contributed by atoms with E-state index in [4.69, 9.17) is 5.11 Å². The summed E-state index contributed by atoms with van der Waals surface area (Å²) >= 11 is 5.10. The van der Waals surface area contributed by atoms with Gasteiger partial charge in [-0.3, -0.25) is 0 Å². The zero-order valence-electron chi connectivity index (χ0n) is 7.59. The van der Waals surface area contributed by atoms with Crippen LogP contribution in [-0.2, 0) is 6.54 Å². The first-order chi connectivity index (χ1) is 6.26. The molecule has 0 saturated heterocycles. The quantitative estimate of drug-likeness (QED) is 0.855. The van der Waals surface area contributed by atoms with E-state index in [0.29, 0.717) is 0 Å². The van der Waals surface area contributed by atoms with Crippen molar-refractivity contribution in [2.75, 3.05) is 6.61 Å². The fourth-order valence-electron chi connectivity index (χ4n) is 1.04. The lowest BCUT2D eigenvalue weighted by Gasteiger charge is -2.12. The number of hydrogen-bond donors (Lipinski definition) is 2. The number of halogens is 1. The molecule has 0 bridgehead atoms. The molecule has 0 unspecified atom stereocenters. The van der Waals surface area contributed by atoms with Crippen LogP contribution in [0.3, 0.4) is 0 Å². The van der Waals surface area contributed by atoms with E-state index in [2.05, 4.69) is 39.6 Å². The van der Waals surface area contributed by atoms with Crippen molar-refractivity contribution in [1.29, 1.82) is 0 Å². The van der Waals surface area contributed by atoms with E-state index in [1.54, 1.807) is 11.3 Å². The van der Waals surface area contributed by atoms with Crippen LogP contribution >= 0.6 is 27.3 Å². The molecule has 2 nitrogen and oxygen atoms in total. The predicted molar refractivity (Wildman–Crippen MR) is 60.0 cm³/mol. The first-order valence-corrected chi connectivity index (χ1v) is 6.00. The molecule has 74 valence electrons. The highest BCUT2D eigenvalue weighted by molar-refractivity contribution is 9.11. The number of hydrogen-bond acceptors (Lipinski definition) is 3. The van der Waals surface area contributed by atoms with E-state index in [1.165, 1.54) is 5.56 Å². The average Bonchev–Trinajstić information content (AvgIpc) is 2.53. The van der Waals surface area contributed by atoms with Crippen molar-refractivity contribution in [2.45, 2.75) is 25.9 Å². The summed E-state index contributed by atoms with van der Waals surface area (Å²) in [4.78, 5) is 0. The molecular formula is C9H14BrNOS. The van der Waals surface area contributed by atoms with Crippen molar-refractivity contribution >= 4 is 27.3 Å². The molecular weight excluding hydrogens is 250 g/mol. The van der Waals surface area contributed by atoms with Gasteiger partial charge in [0.15, 0.2) is 0 Å². The molecule has 0 aliphatic rings. The average molecular weight is 264 g/mol. The summed E-state index contributed by atoms with van der Waals surface area (Å²) in [6, 6.07) is 2.32. The van der Waals surface area contributed by atoms with Crippen LogP contribution in [0.25, 0.3) is 0 Å². The maximum Gasteiger partial charge on any atom is 0.0701 e. The predicted octanol–water partition coefficient (Wildman–Crippen LogP) is 2.37. The van der Waals surface area contributed by atoms with Crippen LogP contribution in [0.1, 0.15) is 18.9 Å². The largest absolute Gasteiger partial charge is 0.395 e. The maximum absolute atomic E-state index is 8.94. The Labute approximate surface area is 91.1 Å². The monoisotopic (exact) mass is 263 g/mol. The molecule has 0 saturated carbocycles. The van der Waals surface area contributed by atoms with Crippen LogP contribution in [0.4, 0.5) is 0 Å². The first kappa shape index (κ1) is 11.2. The fraction of sp³-hybridized carbons (Fsp3) is 0.556. The third-order valence-corrected chi connectivity index (χ3v) is 3.48. The molecule has 0 amide bonds. The third-order valence-electron chi connectivity index (χ3n) is 1.93. The van der Waals surface area contributed by atoms with Crippen LogP contribution in [-0.4, -0.2) is 17.8 Å². The van der Waals surface area contributed by atoms with Gasteiger partial charge in [-0.25, -0.2) is 0 Å². The van der Waals surface area contributed by atoms with Crippen molar-refractivity contribution in [2.24, 2.45) is 0 Å². The Kier molecular flexibility index (Phi) is 4.94. The highest BCUT2D eigenvalue weighted by Gasteiger charge is 2.03. The minimum absolute atomic E-state index is 0.210. The van der Waals surface area contributed by atoms with Gasteiger partial charge in [0.25, 0.3) is 0 Å². The molecule has 0 aliphatic carbocycles. The molecule has 0 spiro atoms. The Bertz CT molecular complexity index is 248. The SMILES string of the molecule is CC[C@@H](CO)NCc1csc(Br)c1. The van der Waals surface area contributed by atoms with Crippen molar-refractivity contribution in [3.8, 4) is 0 Å². The van der Waals surface area contributed by atoms with Crippen LogP contribution in [0.15, 0.2) is 15.2 Å². The number of aliphatic hydroxyl groups is 1. The van der Waals surface area contributed by atoms with Gasteiger partial charge in [-0.1, -0.05) is 6.92 Å². The van der Waals surface area contributed by atoms with E-state index < -0.39 is 0 Å². The van der Waals surface area contributed by atoms with Gasteiger partial charge in [0.2, 0.25) is 0 Å². The Morgan fingerprint density at radius 3 is 2.92 bits per heavy atom. The minimum Gasteiger partial charge on any atom is -0.395 e. The summed E-state index contributed by atoms with van der Waals surface area (Å²) in [5.74, 6) is 0. The summed E-state index contributed by atoms with van der Waals surface area (Å²) in [6.07, 6.45) is 0.960. The zero-order chi connectivity index (χ0) is 9.68. The maximum atomic E-state index is 8.94. The molecule has 0 aliphatic heterocycles. The summed E-state index contributed by atoms with van der Waals surface area (Å²) in [7, 11) is 0. The standard InChI is InChI=1S/C9H14BrNOS/c1-2-8(5-12)11-4-7-3-9(10)13-6-7/h3,6,8,11-12H,2,4-5H2,1H3/t8-/m0/s1. The third kappa shape index (κ3) is 3.77. The summed E-state index contributed by atoms with van der Waals surface area (Å²) in [6.45, 7) is 3.11. The van der Waals surface area contributed by atoms with E-state index in [1.807, 2.05) is 0 Å². The summed E-state index contributed by atoms with van der Waals surface area (Å²) < 4.78 is 1.15. The lowest BCUT2D eigenvalue weighted by atomic mass is 10.2.